The standard InChI is InChI=1S/C19H24N6O3/c26-17(20-7-4-8-23-11-13-28-14-12-23)16-18(27)25-10-9-24(19(25)22-21-16)15-5-2-1-3-6-15/h1-3,5-6H,4,7-14H2,(H,20,26). The second-order valence-electron chi connectivity index (χ2n) is 6.86. The van der Waals surface area contributed by atoms with Crippen molar-refractivity contribution in [1.29, 1.82) is 0 Å². The molecule has 1 saturated heterocycles. The van der Waals surface area contributed by atoms with E-state index in [2.05, 4.69) is 20.4 Å². The van der Waals surface area contributed by atoms with Gasteiger partial charge in [-0.25, -0.2) is 0 Å². The summed E-state index contributed by atoms with van der Waals surface area (Å²) < 4.78 is 6.84. The van der Waals surface area contributed by atoms with Crippen molar-refractivity contribution in [3.8, 4) is 0 Å². The van der Waals surface area contributed by atoms with E-state index in [0.717, 1.165) is 45.0 Å². The molecular formula is C19H24N6O3. The van der Waals surface area contributed by atoms with Crippen LogP contribution < -0.4 is 15.8 Å². The molecule has 0 aliphatic carbocycles. The predicted octanol–water partition coefficient (Wildman–Crippen LogP) is 0.242. The van der Waals surface area contributed by atoms with Crippen LogP contribution in [-0.4, -0.2) is 71.5 Å². The molecule has 2 aliphatic heterocycles. The van der Waals surface area contributed by atoms with Crippen molar-refractivity contribution in [1.82, 2.24) is 25.0 Å². The molecule has 9 heteroatoms. The second kappa shape index (κ2) is 8.49. The highest BCUT2D eigenvalue weighted by molar-refractivity contribution is 5.91. The van der Waals surface area contributed by atoms with E-state index in [-0.39, 0.29) is 5.69 Å². The first-order valence-corrected chi connectivity index (χ1v) is 9.62. The van der Waals surface area contributed by atoms with Gasteiger partial charge >= 0.3 is 0 Å². The highest BCUT2D eigenvalue weighted by atomic mass is 16.5. The molecule has 2 aliphatic rings. The largest absolute Gasteiger partial charge is 0.379 e. The molecule has 0 spiro atoms. The van der Waals surface area contributed by atoms with Gasteiger partial charge in [-0.2, -0.15) is 0 Å². The van der Waals surface area contributed by atoms with E-state index >= 15 is 0 Å². The second-order valence-corrected chi connectivity index (χ2v) is 6.86. The minimum Gasteiger partial charge on any atom is -0.379 e. The average molecular weight is 384 g/mol. The van der Waals surface area contributed by atoms with Crippen molar-refractivity contribution in [3.63, 3.8) is 0 Å². The van der Waals surface area contributed by atoms with Gasteiger partial charge in [0.25, 0.3) is 11.5 Å². The highest BCUT2D eigenvalue weighted by Gasteiger charge is 2.27. The number of aromatic nitrogens is 3. The molecule has 148 valence electrons. The van der Waals surface area contributed by atoms with Gasteiger partial charge in [0.2, 0.25) is 11.6 Å². The summed E-state index contributed by atoms with van der Waals surface area (Å²) in [6.45, 7) is 5.85. The molecule has 1 N–H and O–H groups in total. The quantitative estimate of drug-likeness (QED) is 0.714. The topological polar surface area (TPSA) is 92.6 Å². The monoisotopic (exact) mass is 384 g/mol. The maximum atomic E-state index is 12.7. The summed E-state index contributed by atoms with van der Waals surface area (Å²) in [6, 6.07) is 9.71. The molecule has 9 nitrogen and oxygen atoms in total. The minimum absolute atomic E-state index is 0.148. The molecule has 0 unspecified atom stereocenters. The normalized spacial score (nSPS) is 16.8. The molecule has 0 radical (unpaired) electrons. The lowest BCUT2D eigenvalue weighted by Crippen LogP contribution is -2.39. The number of hydrogen-bond donors (Lipinski definition) is 1. The number of nitrogens with one attached hydrogen (secondary N) is 1. The molecule has 3 heterocycles. The Hall–Kier alpha value is -2.78. The molecule has 1 aromatic heterocycles. The summed E-state index contributed by atoms with van der Waals surface area (Å²) in [6.07, 6.45) is 0.813. The van der Waals surface area contributed by atoms with Crippen molar-refractivity contribution < 1.29 is 9.53 Å². The van der Waals surface area contributed by atoms with E-state index in [9.17, 15) is 9.59 Å². The lowest BCUT2D eigenvalue weighted by atomic mass is 10.3. The van der Waals surface area contributed by atoms with Crippen molar-refractivity contribution in [3.05, 3.63) is 46.4 Å². The lowest BCUT2D eigenvalue weighted by Gasteiger charge is -2.26. The summed E-state index contributed by atoms with van der Waals surface area (Å²) in [7, 11) is 0. The first-order chi connectivity index (χ1) is 13.7. The van der Waals surface area contributed by atoms with Crippen LogP contribution in [-0.2, 0) is 11.3 Å². The van der Waals surface area contributed by atoms with E-state index in [0.29, 0.717) is 25.6 Å². The Kier molecular flexibility index (Phi) is 5.63. The van der Waals surface area contributed by atoms with Gasteiger partial charge in [0, 0.05) is 38.4 Å². The fraction of sp³-hybridized carbons (Fsp3) is 0.474. The molecule has 1 fully saturated rings. The van der Waals surface area contributed by atoms with Gasteiger partial charge in [-0.05, 0) is 25.1 Å². The summed E-state index contributed by atoms with van der Waals surface area (Å²) >= 11 is 0. The third-order valence-corrected chi connectivity index (χ3v) is 5.04. The number of anilines is 2. The number of nitrogens with zero attached hydrogens (tertiary/aromatic N) is 5. The van der Waals surface area contributed by atoms with Gasteiger partial charge in [-0.15, -0.1) is 10.2 Å². The number of amides is 1. The zero-order valence-corrected chi connectivity index (χ0v) is 15.7. The zero-order chi connectivity index (χ0) is 19.3. The molecule has 0 bridgehead atoms. The molecular weight excluding hydrogens is 360 g/mol. The summed E-state index contributed by atoms with van der Waals surface area (Å²) in [5.41, 5.74) is 0.405. The predicted molar refractivity (Wildman–Crippen MR) is 104 cm³/mol. The Bertz CT molecular complexity index is 879. The number of morpholine rings is 1. The van der Waals surface area contributed by atoms with Gasteiger partial charge in [-0.3, -0.25) is 19.1 Å². The summed E-state index contributed by atoms with van der Waals surface area (Å²) in [4.78, 5) is 29.3. The minimum atomic E-state index is -0.465. The highest BCUT2D eigenvalue weighted by Crippen LogP contribution is 2.25. The number of carbonyl (C=O) groups is 1. The van der Waals surface area contributed by atoms with Gasteiger partial charge < -0.3 is 15.0 Å². The van der Waals surface area contributed by atoms with Crippen LogP contribution in [0.1, 0.15) is 16.9 Å². The molecule has 1 aromatic carbocycles. The van der Waals surface area contributed by atoms with Crippen LogP contribution in [0, 0.1) is 0 Å². The van der Waals surface area contributed by atoms with Crippen LogP contribution in [0.3, 0.4) is 0 Å². The van der Waals surface area contributed by atoms with Gasteiger partial charge in [0.05, 0.1) is 13.2 Å². The van der Waals surface area contributed by atoms with Crippen molar-refractivity contribution >= 4 is 17.5 Å². The van der Waals surface area contributed by atoms with Crippen LogP contribution in [0.15, 0.2) is 35.1 Å². The zero-order valence-electron chi connectivity index (χ0n) is 15.7. The third-order valence-electron chi connectivity index (χ3n) is 5.04. The van der Waals surface area contributed by atoms with E-state index in [1.165, 1.54) is 4.57 Å². The van der Waals surface area contributed by atoms with Gasteiger partial charge in [0.1, 0.15) is 0 Å². The molecule has 1 amide bonds. The summed E-state index contributed by atoms with van der Waals surface area (Å²) in [5.74, 6) is 0.00741. The Morgan fingerprint density at radius 3 is 2.64 bits per heavy atom. The Balaban J connectivity index is 1.38. The van der Waals surface area contributed by atoms with Crippen LogP contribution in [0.2, 0.25) is 0 Å². The van der Waals surface area contributed by atoms with E-state index in [4.69, 9.17) is 4.74 Å². The van der Waals surface area contributed by atoms with Crippen LogP contribution in [0.4, 0.5) is 11.6 Å². The molecule has 28 heavy (non-hydrogen) atoms. The third kappa shape index (κ3) is 3.90. The van der Waals surface area contributed by atoms with Gasteiger partial charge in [-0.1, -0.05) is 18.2 Å². The fourth-order valence-electron chi connectivity index (χ4n) is 3.52. The Morgan fingerprint density at radius 1 is 1.07 bits per heavy atom. The van der Waals surface area contributed by atoms with E-state index in [1.54, 1.807) is 0 Å². The first kappa shape index (κ1) is 18.6. The fourth-order valence-corrected chi connectivity index (χ4v) is 3.52. The van der Waals surface area contributed by atoms with E-state index < -0.39 is 11.5 Å². The molecule has 0 atom stereocenters. The number of para-hydroxylation sites is 1. The van der Waals surface area contributed by atoms with Crippen LogP contribution in [0.25, 0.3) is 0 Å². The van der Waals surface area contributed by atoms with Crippen LogP contribution >= 0.6 is 0 Å². The summed E-state index contributed by atoms with van der Waals surface area (Å²) in [5, 5.41) is 10.9. The van der Waals surface area contributed by atoms with Crippen molar-refractivity contribution in [2.45, 2.75) is 13.0 Å². The first-order valence-electron chi connectivity index (χ1n) is 9.62. The Labute approximate surface area is 162 Å². The molecule has 4 rings (SSSR count). The Morgan fingerprint density at radius 2 is 1.86 bits per heavy atom. The average Bonchev–Trinajstić information content (AvgIpc) is 3.18. The number of ether oxygens (including phenoxy) is 1. The van der Waals surface area contributed by atoms with Crippen molar-refractivity contribution in [2.24, 2.45) is 0 Å². The smallest absolute Gasteiger partial charge is 0.286 e. The molecule has 0 saturated carbocycles. The van der Waals surface area contributed by atoms with Crippen molar-refractivity contribution in [2.75, 3.05) is 50.8 Å². The number of benzene rings is 1. The van der Waals surface area contributed by atoms with Crippen LogP contribution in [0.5, 0.6) is 0 Å². The van der Waals surface area contributed by atoms with Gasteiger partial charge in [0.15, 0.2) is 0 Å². The maximum Gasteiger partial charge on any atom is 0.286 e. The maximum absolute atomic E-state index is 12.7. The SMILES string of the molecule is O=C(NCCCN1CCOCC1)c1nnc2n(c1=O)CCN2c1ccccc1. The number of carbonyl (C=O) groups excluding carboxylic acids is 1. The number of hydrogen-bond acceptors (Lipinski definition) is 7. The number of rotatable bonds is 6. The molecule has 2 aromatic rings. The lowest BCUT2D eigenvalue weighted by molar-refractivity contribution is 0.0374. The van der Waals surface area contributed by atoms with E-state index in [1.807, 2.05) is 35.2 Å². The number of fused-ring (bicyclic) bond motifs is 1.